The van der Waals surface area contributed by atoms with Gasteiger partial charge in [-0.1, -0.05) is 35.9 Å². The van der Waals surface area contributed by atoms with Crippen LogP contribution in [-0.4, -0.2) is 23.5 Å². The van der Waals surface area contributed by atoms with E-state index in [1.165, 1.54) is 28.6 Å². The molecule has 0 amide bonds. The summed E-state index contributed by atoms with van der Waals surface area (Å²) >= 11 is 0. The molecule has 0 spiro atoms. The molecule has 4 rings (SSSR count). The summed E-state index contributed by atoms with van der Waals surface area (Å²) in [6.45, 7) is 1.70. The second kappa shape index (κ2) is 8.60. The predicted molar refractivity (Wildman–Crippen MR) is 117 cm³/mol. The van der Waals surface area contributed by atoms with Crippen LogP contribution in [0.25, 0.3) is 11.5 Å². The second-order valence-corrected chi connectivity index (χ2v) is 8.83. The van der Waals surface area contributed by atoms with Gasteiger partial charge in [0, 0.05) is 17.7 Å². The zero-order valence-corrected chi connectivity index (χ0v) is 17.8. The fourth-order valence-electron chi connectivity index (χ4n) is 3.03. The number of rotatable bonds is 7. The molecule has 1 aromatic heterocycles. The Morgan fingerprint density at radius 2 is 1.59 bits per heavy atom. The third-order valence-electron chi connectivity index (χ3n) is 4.72. The number of sulfonamides is 1. The van der Waals surface area contributed by atoms with Gasteiger partial charge < -0.3 is 4.42 Å². The summed E-state index contributed by atoms with van der Waals surface area (Å²) in [5.74, 6) is 0.216. The monoisotopic (exact) mass is 450 g/mol. The molecule has 9 nitrogen and oxygen atoms in total. The molecule has 0 unspecified atom stereocenters. The Labute approximate surface area is 184 Å². The van der Waals surface area contributed by atoms with Crippen LogP contribution < -0.4 is 4.31 Å². The molecule has 0 aliphatic heterocycles. The van der Waals surface area contributed by atoms with E-state index < -0.39 is 14.9 Å². The molecule has 0 bridgehead atoms. The Morgan fingerprint density at radius 3 is 2.22 bits per heavy atom. The molecule has 0 atom stereocenters. The van der Waals surface area contributed by atoms with Crippen molar-refractivity contribution in [3.05, 3.63) is 100 Å². The van der Waals surface area contributed by atoms with E-state index in [2.05, 4.69) is 10.2 Å². The number of nitrogens with zero attached hydrogens (tertiary/aromatic N) is 4. The highest BCUT2D eigenvalue weighted by molar-refractivity contribution is 7.92. The fourth-order valence-corrected chi connectivity index (χ4v) is 4.44. The Balaban J connectivity index is 1.67. The van der Waals surface area contributed by atoms with E-state index in [0.29, 0.717) is 11.3 Å². The maximum atomic E-state index is 13.4. The van der Waals surface area contributed by atoms with Gasteiger partial charge in [-0.25, -0.2) is 8.42 Å². The number of nitro groups is 1. The highest BCUT2D eigenvalue weighted by atomic mass is 32.2. The van der Waals surface area contributed by atoms with Crippen LogP contribution in [0, 0.1) is 17.0 Å². The number of nitro benzene ring substituents is 1. The first-order valence-corrected chi connectivity index (χ1v) is 11.0. The summed E-state index contributed by atoms with van der Waals surface area (Å²) in [4.78, 5) is 10.5. The summed E-state index contributed by atoms with van der Waals surface area (Å²) in [6, 6.07) is 20.8. The molecule has 162 valence electrons. The standard InChI is InChI=1S/C22H18N4O5S/c1-16-7-13-20(14-8-16)32(29,30)25(18-5-3-2-4-6-18)15-21-23-24-22(31-21)17-9-11-19(12-10-17)26(27)28/h2-14H,15H2,1H3. The van der Waals surface area contributed by atoms with Crippen molar-refractivity contribution in [2.24, 2.45) is 0 Å². The summed E-state index contributed by atoms with van der Waals surface area (Å²) in [7, 11) is -3.91. The van der Waals surface area contributed by atoms with Crippen LogP contribution in [0.15, 0.2) is 88.2 Å². The number of non-ortho nitro benzene ring substituents is 1. The summed E-state index contributed by atoms with van der Waals surface area (Å²) < 4.78 is 33.7. The molecular formula is C22H18N4O5S. The maximum absolute atomic E-state index is 13.4. The molecule has 0 N–H and O–H groups in total. The molecule has 4 aromatic rings. The van der Waals surface area contributed by atoms with E-state index >= 15 is 0 Å². The van der Waals surface area contributed by atoms with Gasteiger partial charge in [-0.15, -0.1) is 10.2 Å². The number of hydrogen-bond acceptors (Lipinski definition) is 7. The van der Waals surface area contributed by atoms with Crippen LogP contribution in [0.2, 0.25) is 0 Å². The van der Waals surface area contributed by atoms with Gasteiger partial charge in [0.25, 0.3) is 15.7 Å². The predicted octanol–water partition coefficient (Wildman–Crippen LogP) is 4.35. The van der Waals surface area contributed by atoms with Crippen LogP contribution in [-0.2, 0) is 16.6 Å². The van der Waals surface area contributed by atoms with Crippen LogP contribution in [0.4, 0.5) is 11.4 Å². The van der Waals surface area contributed by atoms with Gasteiger partial charge in [0.2, 0.25) is 11.8 Å². The molecule has 0 saturated heterocycles. The van der Waals surface area contributed by atoms with E-state index in [4.69, 9.17) is 4.42 Å². The number of hydrogen-bond donors (Lipinski definition) is 0. The Hall–Kier alpha value is -4.05. The van der Waals surface area contributed by atoms with Gasteiger partial charge in [0.1, 0.15) is 6.54 Å². The van der Waals surface area contributed by atoms with Crippen LogP contribution in [0.1, 0.15) is 11.5 Å². The molecule has 3 aromatic carbocycles. The largest absolute Gasteiger partial charge is 0.419 e. The van der Waals surface area contributed by atoms with Gasteiger partial charge in [0.15, 0.2) is 0 Å². The summed E-state index contributed by atoms with van der Waals surface area (Å²) in [6.07, 6.45) is 0. The first kappa shape index (κ1) is 21.2. The van der Waals surface area contributed by atoms with E-state index in [1.807, 2.05) is 6.92 Å². The van der Waals surface area contributed by atoms with Gasteiger partial charge in [-0.2, -0.15) is 0 Å². The SMILES string of the molecule is Cc1ccc(S(=O)(=O)N(Cc2nnc(-c3ccc([N+](=O)[O-])cc3)o2)c2ccccc2)cc1. The minimum absolute atomic E-state index is 0.0621. The first-order chi connectivity index (χ1) is 15.3. The molecule has 32 heavy (non-hydrogen) atoms. The lowest BCUT2D eigenvalue weighted by atomic mass is 10.2. The summed E-state index contributed by atoms with van der Waals surface area (Å²) in [5.41, 5.74) is 1.82. The fraction of sp³-hybridized carbons (Fsp3) is 0.0909. The van der Waals surface area contributed by atoms with Gasteiger partial charge in [-0.05, 0) is 43.3 Å². The average Bonchev–Trinajstić information content (AvgIpc) is 3.27. The van der Waals surface area contributed by atoms with E-state index in [0.717, 1.165) is 5.56 Å². The molecular weight excluding hydrogens is 432 g/mol. The Morgan fingerprint density at radius 1 is 0.938 bits per heavy atom. The number of para-hydroxylation sites is 1. The van der Waals surface area contributed by atoms with E-state index in [-0.39, 0.29) is 28.9 Å². The van der Waals surface area contributed by atoms with Crippen molar-refractivity contribution in [1.29, 1.82) is 0 Å². The molecule has 1 heterocycles. The van der Waals surface area contributed by atoms with Gasteiger partial charge in [-0.3, -0.25) is 14.4 Å². The number of aryl methyl sites for hydroxylation is 1. The molecule has 0 aliphatic rings. The normalized spacial score (nSPS) is 11.3. The number of benzene rings is 3. The van der Waals surface area contributed by atoms with E-state index in [1.54, 1.807) is 54.6 Å². The third-order valence-corrected chi connectivity index (χ3v) is 6.51. The van der Waals surface area contributed by atoms with Crippen LogP contribution in [0.5, 0.6) is 0 Å². The van der Waals surface area contributed by atoms with Crippen LogP contribution >= 0.6 is 0 Å². The Bertz CT molecular complexity index is 1340. The molecule has 0 radical (unpaired) electrons. The van der Waals surface area contributed by atoms with Crippen molar-refractivity contribution in [2.45, 2.75) is 18.4 Å². The number of aromatic nitrogens is 2. The van der Waals surface area contributed by atoms with Crippen molar-refractivity contribution in [1.82, 2.24) is 10.2 Å². The maximum Gasteiger partial charge on any atom is 0.269 e. The van der Waals surface area contributed by atoms with Crippen molar-refractivity contribution in [3.8, 4) is 11.5 Å². The highest BCUT2D eigenvalue weighted by Gasteiger charge is 2.27. The number of anilines is 1. The summed E-state index contributed by atoms with van der Waals surface area (Å²) in [5, 5.41) is 18.8. The van der Waals surface area contributed by atoms with Crippen molar-refractivity contribution in [3.63, 3.8) is 0 Å². The lowest BCUT2D eigenvalue weighted by molar-refractivity contribution is -0.384. The molecule has 10 heteroatoms. The third kappa shape index (κ3) is 4.35. The first-order valence-electron chi connectivity index (χ1n) is 9.56. The highest BCUT2D eigenvalue weighted by Crippen LogP contribution is 2.27. The lowest BCUT2D eigenvalue weighted by Crippen LogP contribution is -2.30. The molecule has 0 aliphatic carbocycles. The second-order valence-electron chi connectivity index (χ2n) is 6.97. The smallest absolute Gasteiger partial charge is 0.269 e. The topological polar surface area (TPSA) is 119 Å². The zero-order chi connectivity index (χ0) is 22.7. The minimum atomic E-state index is -3.91. The van der Waals surface area contributed by atoms with Gasteiger partial charge >= 0.3 is 0 Å². The van der Waals surface area contributed by atoms with E-state index in [9.17, 15) is 18.5 Å². The van der Waals surface area contributed by atoms with Crippen molar-refractivity contribution < 1.29 is 17.8 Å². The quantitative estimate of drug-likeness (QED) is 0.303. The minimum Gasteiger partial charge on any atom is -0.419 e. The van der Waals surface area contributed by atoms with Gasteiger partial charge in [0.05, 0.1) is 15.5 Å². The lowest BCUT2D eigenvalue weighted by Gasteiger charge is -2.23. The average molecular weight is 450 g/mol. The molecule has 0 fully saturated rings. The van der Waals surface area contributed by atoms with Crippen LogP contribution in [0.3, 0.4) is 0 Å². The Kier molecular flexibility index (Phi) is 5.69. The zero-order valence-electron chi connectivity index (χ0n) is 17.0. The molecule has 0 saturated carbocycles. The van der Waals surface area contributed by atoms with Crippen molar-refractivity contribution >= 4 is 21.4 Å². The van der Waals surface area contributed by atoms with Crippen molar-refractivity contribution in [2.75, 3.05) is 4.31 Å².